The fourth-order valence-electron chi connectivity index (χ4n) is 0.980. The van der Waals surface area contributed by atoms with E-state index in [1.54, 1.807) is 23.1 Å². The van der Waals surface area contributed by atoms with Crippen molar-refractivity contribution in [2.45, 2.75) is 9.96 Å². The first kappa shape index (κ1) is 11.2. The minimum absolute atomic E-state index is 0.386. The van der Waals surface area contributed by atoms with Gasteiger partial charge < -0.3 is 0 Å². The van der Waals surface area contributed by atoms with Crippen LogP contribution in [-0.2, 0) is 5.75 Å². The number of halogens is 2. The Kier molecular flexibility index (Phi) is 3.86. The number of rotatable bonds is 3. The average Bonchev–Trinajstić information content (AvgIpc) is 2.65. The molecule has 2 aromatic rings. The second-order valence-electron chi connectivity index (χ2n) is 2.65. The van der Waals surface area contributed by atoms with E-state index in [1.165, 1.54) is 10.3 Å². The Hall–Kier alpha value is -0.290. The Labute approximate surface area is 106 Å². The van der Waals surface area contributed by atoms with Gasteiger partial charge in [-0.1, -0.05) is 29.3 Å². The number of hydrogen-bond donors (Lipinski definition) is 0. The number of aromatic nitrogens is 2. The highest BCUT2D eigenvalue weighted by Crippen LogP contribution is 2.26. The lowest BCUT2D eigenvalue weighted by Gasteiger charge is -1.99. The van der Waals surface area contributed by atoms with Crippen LogP contribution in [0.5, 0.6) is 0 Å². The first-order chi connectivity index (χ1) is 7.24. The predicted octanol–water partition coefficient (Wildman–Crippen LogP) is 4.14. The summed E-state index contributed by atoms with van der Waals surface area (Å²) in [6.07, 6.45) is 0. The molecule has 2 rings (SSSR count). The lowest BCUT2D eigenvalue weighted by molar-refractivity contribution is 1.03. The van der Waals surface area contributed by atoms with Gasteiger partial charge in [-0.25, -0.2) is 9.97 Å². The topological polar surface area (TPSA) is 25.8 Å². The van der Waals surface area contributed by atoms with Gasteiger partial charge in [0.2, 0.25) is 0 Å². The molecule has 0 saturated carbocycles. The van der Waals surface area contributed by atoms with E-state index in [1.807, 2.05) is 11.4 Å². The fraction of sp³-hybridized carbons (Fsp3) is 0.111. The molecule has 0 aliphatic carbocycles. The Morgan fingerprint density at radius 3 is 2.60 bits per heavy atom. The van der Waals surface area contributed by atoms with Gasteiger partial charge in [-0.2, -0.15) is 0 Å². The molecule has 0 aliphatic heterocycles. The number of hydrogen-bond acceptors (Lipinski definition) is 4. The van der Waals surface area contributed by atoms with E-state index in [0.29, 0.717) is 21.9 Å². The molecule has 0 atom stereocenters. The quantitative estimate of drug-likeness (QED) is 0.623. The Morgan fingerprint density at radius 2 is 2.00 bits per heavy atom. The van der Waals surface area contributed by atoms with Crippen LogP contribution in [0.4, 0.5) is 0 Å². The van der Waals surface area contributed by atoms with Gasteiger partial charge in [0.25, 0.3) is 0 Å². The van der Waals surface area contributed by atoms with Gasteiger partial charge in [0.15, 0.2) is 0 Å². The Bertz CT molecular complexity index is 425. The van der Waals surface area contributed by atoms with E-state index in [9.17, 15) is 0 Å². The molecule has 6 heteroatoms. The SMILES string of the molecule is Clc1cc(Cl)nc(CSc2cccs2)n1. The molecule has 0 aromatic carbocycles. The zero-order chi connectivity index (χ0) is 10.7. The largest absolute Gasteiger partial charge is 0.220 e. The maximum absolute atomic E-state index is 5.77. The molecule has 0 radical (unpaired) electrons. The third-order valence-electron chi connectivity index (χ3n) is 1.55. The Morgan fingerprint density at radius 1 is 1.27 bits per heavy atom. The van der Waals surface area contributed by atoms with Crippen molar-refractivity contribution in [2.75, 3.05) is 0 Å². The first-order valence-corrected chi connectivity index (χ1v) is 6.71. The summed E-state index contributed by atoms with van der Waals surface area (Å²) in [5.74, 6) is 1.34. The average molecular weight is 277 g/mol. The van der Waals surface area contributed by atoms with E-state index < -0.39 is 0 Å². The lowest BCUT2D eigenvalue weighted by atomic mass is 10.6. The highest BCUT2D eigenvalue weighted by molar-refractivity contribution is 8.00. The molecule has 0 N–H and O–H groups in total. The summed E-state index contributed by atoms with van der Waals surface area (Å²) in [5, 5.41) is 2.81. The van der Waals surface area contributed by atoms with Crippen LogP contribution in [0.25, 0.3) is 0 Å². The molecular weight excluding hydrogens is 271 g/mol. The fourth-order valence-corrected chi connectivity index (χ4v) is 3.08. The molecule has 0 bridgehead atoms. The van der Waals surface area contributed by atoms with Crippen molar-refractivity contribution in [3.05, 3.63) is 39.7 Å². The standard InChI is InChI=1S/C9H6Cl2N2S2/c10-6-4-7(11)13-8(12-6)5-15-9-2-1-3-14-9/h1-4H,5H2. The zero-order valence-corrected chi connectivity index (χ0v) is 10.6. The van der Waals surface area contributed by atoms with Gasteiger partial charge >= 0.3 is 0 Å². The molecule has 0 saturated heterocycles. The van der Waals surface area contributed by atoms with Crippen molar-refractivity contribution in [3.8, 4) is 0 Å². The molecule has 2 heterocycles. The van der Waals surface area contributed by atoms with Crippen LogP contribution in [0, 0.1) is 0 Å². The van der Waals surface area contributed by atoms with Crippen molar-refractivity contribution < 1.29 is 0 Å². The summed E-state index contributed by atoms with van der Waals surface area (Å²) < 4.78 is 1.23. The lowest BCUT2D eigenvalue weighted by Crippen LogP contribution is -1.92. The van der Waals surface area contributed by atoms with Crippen LogP contribution < -0.4 is 0 Å². The smallest absolute Gasteiger partial charge is 0.142 e. The van der Waals surface area contributed by atoms with Gasteiger partial charge in [-0.15, -0.1) is 23.1 Å². The van der Waals surface area contributed by atoms with Crippen molar-refractivity contribution >= 4 is 46.3 Å². The molecule has 0 spiro atoms. The second-order valence-corrected chi connectivity index (χ2v) is 5.65. The second kappa shape index (κ2) is 5.16. The monoisotopic (exact) mass is 276 g/mol. The molecular formula is C9H6Cl2N2S2. The first-order valence-electron chi connectivity index (χ1n) is 4.09. The summed E-state index contributed by atoms with van der Waals surface area (Å²) in [6, 6.07) is 5.60. The van der Waals surface area contributed by atoms with Gasteiger partial charge in [-0.3, -0.25) is 0 Å². The number of thioether (sulfide) groups is 1. The summed E-state index contributed by atoms with van der Waals surface area (Å²) in [6.45, 7) is 0. The molecule has 2 aromatic heterocycles. The Balaban J connectivity index is 2.05. The van der Waals surface area contributed by atoms with Gasteiger partial charge in [0, 0.05) is 6.07 Å². The van der Waals surface area contributed by atoms with Gasteiger partial charge in [0.1, 0.15) is 16.1 Å². The molecule has 78 valence electrons. The molecule has 0 amide bonds. The van der Waals surface area contributed by atoms with Gasteiger partial charge in [-0.05, 0) is 11.4 Å². The molecule has 0 unspecified atom stereocenters. The van der Waals surface area contributed by atoms with Crippen molar-refractivity contribution in [1.82, 2.24) is 9.97 Å². The zero-order valence-electron chi connectivity index (χ0n) is 7.48. The van der Waals surface area contributed by atoms with Crippen LogP contribution in [0.1, 0.15) is 5.82 Å². The highest BCUT2D eigenvalue weighted by Gasteiger charge is 2.03. The molecule has 0 aliphatic rings. The summed E-state index contributed by atoms with van der Waals surface area (Å²) >= 11 is 14.9. The maximum Gasteiger partial charge on any atom is 0.142 e. The highest BCUT2D eigenvalue weighted by atomic mass is 35.5. The third kappa shape index (κ3) is 3.34. The van der Waals surface area contributed by atoms with Crippen LogP contribution in [0.15, 0.2) is 27.8 Å². The molecule has 0 fully saturated rings. The normalized spacial score (nSPS) is 10.5. The molecule has 2 nitrogen and oxygen atoms in total. The van der Waals surface area contributed by atoms with Gasteiger partial charge in [0.05, 0.1) is 9.96 Å². The van der Waals surface area contributed by atoms with E-state index in [4.69, 9.17) is 23.2 Å². The number of nitrogens with zero attached hydrogens (tertiary/aromatic N) is 2. The molecule has 15 heavy (non-hydrogen) atoms. The number of thiophene rings is 1. The van der Waals surface area contributed by atoms with Crippen molar-refractivity contribution in [1.29, 1.82) is 0 Å². The third-order valence-corrected chi connectivity index (χ3v) is 4.06. The van der Waals surface area contributed by atoms with Crippen molar-refractivity contribution in [3.63, 3.8) is 0 Å². The summed E-state index contributed by atoms with van der Waals surface area (Å²) in [5.41, 5.74) is 0. The van der Waals surface area contributed by atoms with Crippen molar-refractivity contribution in [2.24, 2.45) is 0 Å². The van der Waals surface area contributed by atoms with E-state index in [2.05, 4.69) is 16.0 Å². The minimum atomic E-state index is 0.386. The van der Waals surface area contributed by atoms with E-state index in [-0.39, 0.29) is 0 Å². The summed E-state index contributed by atoms with van der Waals surface area (Å²) in [4.78, 5) is 8.17. The van der Waals surface area contributed by atoms with E-state index in [0.717, 1.165) is 0 Å². The van der Waals surface area contributed by atoms with Crippen LogP contribution in [0.3, 0.4) is 0 Å². The minimum Gasteiger partial charge on any atom is -0.220 e. The predicted molar refractivity (Wildman–Crippen MR) is 65.9 cm³/mol. The van der Waals surface area contributed by atoms with E-state index >= 15 is 0 Å². The maximum atomic E-state index is 5.77. The van der Waals surface area contributed by atoms with Crippen LogP contribution in [0.2, 0.25) is 10.3 Å². The summed E-state index contributed by atoms with van der Waals surface area (Å²) in [7, 11) is 0. The van der Waals surface area contributed by atoms with Crippen LogP contribution >= 0.6 is 46.3 Å². The van der Waals surface area contributed by atoms with Crippen LogP contribution in [-0.4, -0.2) is 9.97 Å².